The van der Waals surface area contributed by atoms with Crippen molar-refractivity contribution in [2.75, 3.05) is 26.9 Å². The topological polar surface area (TPSA) is 143 Å². The van der Waals surface area contributed by atoms with E-state index < -0.39 is 17.0 Å². The molecule has 0 fully saturated rings. The molecule has 11 heteroatoms. The molecule has 0 aromatic heterocycles. The van der Waals surface area contributed by atoms with Crippen LogP contribution < -0.4 is 14.8 Å². The fourth-order valence-electron chi connectivity index (χ4n) is 2.55. The van der Waals surface area contributed by atoms with E-state index in [0.29, 0.717) is 25.7 Å². The van der Waals surface area contributed by atoms with Crippen LogP contribution in [-0.2, 0) is 19.2 Å². The highest BCUT2D eigenvalue weighted by atomic mass is 16.9. The molecule has 1 aromatic carbocycles. The van der Waals surface area contributed by atoms with Gasteiger partial charge in [-0.1, -0.05) is 19.1 Å². The highest BCUT2D eigenvalue weighted by Crippen LogP contribution is 2.28. The third-order valence-electron chi connectivity index (χ3n) is 4.20. The molecule has 0 heterocycles. The first-order valence-electron chi connectivity index (χ1n) is 10.6. The molecule has 0 spiro atoms. The summed E-state index contributed by atoms with van der Waals surface area (Å²) in [4.78, 5) is 50.2. The van der Waals surface area contributed by atoms with E-state index in [9.17, 15) is 24.5 Å². The zero-order chi connectivity index (χ0) is 24.5. The number of nitrogens with zero attached hydrogens (tertiary/aromatic N) is 1. The first-order valence-corrected chi connectivity index (χ1v) is 10.6. The summed E-state index contributed by atoms with van der Waals surface area (Å²) in [6, 6.07) is 4.16. The number of nitrogens with one attached hydrogen (secondary N) is 1. The number of carbonyl (C=O) groups excluding carboxylic acids is 3. The summed E-state index contributed by atoms with van der Waals surface area (Å²) in [6.07, 6.45) is 7.56. The monoisotopic (exact) mass is 466 g/mol. The number of unbranched alkanes of at least 4 members (excludes halogenated alkanes) is 2. The number of hydrogen-bond donors (Lipinski definition) is 1. The minimum atomic E-state index is -0.881. The van der Waals surface area contributed by atoms with Gasteiger partial charge in [0.15, 0.2) is 11.5 Å². The lowest BCUT2D eigenvalue weighted by molar-refractivity contribution is -0.757. The highest BCUT2D eigenvalue weighted by molar-refractivity contribution is 5.90. The maximum Gasteiger partial charge on any atom is 0.338 e. The Bertz CT molecular complexity index is 824. The minimum absolute atomic E-state index is 0.0630. The van der Waals surface area contributed by atoms with E-state index in [1.54, 1.807) is 0 Å². The molecular formula is C22H30N2O9. The van der Waals surface area contributed by atoms with Crippen LogP contribution in [0.4, 0.5) is 0 Å². The van der Waals surface area contributed by atoms with Gasteiger partial charge in [0.1, 0.15) is 6.54 Å². The predicted molar refractivity (Wildman–Crippen MR) is 117 cm³/mol. The van der Waals surface area contributed by atoms with Gasteiger partial charge in [-0.2, -0.15) is 0 Å². The number of hydrogen-bond acceptors (Lipinski definition) is 9. The van der Waals surface area contributed by atoms with E-state index in [4.69, 9.17) is 14.2 Å². The van der Waals surface area contributed by atoms with Gasteiger partial charge in [-0.25, -0.2) is 9.59 Å². The van der Waals surface area contributed by atoms with E-state index in [1.165, 1.54) is 25.3 Å². The molecule has 0 aliphatic rings. The molecule has 0 saturated carbocycles. The van der Waals surface area contributed by atoms with Crippen LogP contribution >= 0.6 is 0 Å². The standard InChI is InChI=1S/C22H30N2O9/c1-3-4-5-6-7-10-20(25)23-16-21(26)33-18-12-11-17(15-19(18)30-2)22(27)31-13-8-9-14-32-24(28)29/h4-5,11-12,15H,3,6-10,13-14,16H2,1-2H3,(H,23,25)/b5-4-. The van der Waals surface area contributed by atoms with Gasteiger partial charge in [-0.05, 0) is 50.3 Å². The van der Waals surface area contributed by atoms with Gasteiger partial charge < -0.3 is 24.4 Å². The van der Waals surface area contributed by atoms with Crippen LogP contribution in [0.15, 0.2) is 30.4 Å². The number of benzene rings is 1. The number of ether oxygens (including phenoxy) is 3. The van der Waals surface area contributed by atoms with Crippen LogP contribution in [0.2, 0.25) is 0 Å². The Hall–Kier alpha value is -3.63. The first kappa shape index (κ1) is 27.4. The zero-order valence-corrected chi connectivity index (χ0v) is 18.9. The lowest BCUT2D eigenvalue weighted by Gasteiger charge is -2.11. The summed E-state index contributed by atoms with van der Waals surface area (Å²) in [7, 11) is 1.35. The molecule has 33 heavy (non-hydrogen) atoms. The maximum absolute atomic E-state index is 12.1. The van der Waals surface area contributed by atoms with Crippen molar-refractivity contribution in [3.8, 4) is 11.5 Å². The van der Waals surface area contributed by atoms with Crippen molar-refractivity contribution >= 4 is 17.8 Å². The third-order valence-corrected chi connectivity index (χ3v) is 4.20. The summed E-state index contributed by atoms with van der Waals surface area (Å²) in [5.74, 6) is -1.31. The molecule has 182 valence electrons. The van der Waals surface area contributed by atoms with Crippen molar-refractivity contribution in [3.05, 3.63) is 46.0 Å². The van der Waals surface area contributed by atoms with Crippen molar-refractivity contribution in [2.24, 2.45) is 0 Å². The summed E-state index contributed by atoms with van der Waals surface area (Å²) < 4.78 is 15.5. The number of allylic oxidation sites excluding steroid dienone is 2. The summed E-state index contributed by atoms with van der Waals surface area (Å²) in [6.45, 7) is 1.73. The molecule has 0 radical (unpaired) electrons. The van der Waals surface area contributed by atoms with E-state index in [1.807, 2.05) is 19.1 Å². The van der Waals surface area contributed by atoms with Crippen LogP contribution in [0.3, 0.4) is 0 Å². The quantitative estimate of drug-likeness (QED) is 0.0971. The average molecular weight is 466 g/mol. The van der Waals surface area contributed by atoms with Gasteiger partial charge in [0, 0.05) is 6.42 Å². The van der Waals surface area contributed by atoms with Gasteiger partial charge >= 0.3 is 11.9 Å². The molecule has 0 unspecified atom stereocenters. The number of methoxy groups -OCH3 is 1. The van der Waals surface area contributed by atoms with Gasteiger partial charge in [0.05, 0.1) is 25.9 Å². The molecule has 0 atom stereocenters. The maximum atomic E-state index is 12.1. The molecular weight excluding hydrogens is 436 g/mol. The molecule has 0 saturated heterocycles. The van der Waals surface area contributed by atoms with Gasteiger partial charge in [-0.3, -0.25) is 4.79 Å². The fraction of sp³-hybridized carbons (Fsp3) is 0.500. The Balaban J connectivity index is 2.45. The summed E-state index contributed by atoms with van der Waals surface area (Å²) in [5.41, 5.74) is 0.179. The second-order valence-electron chi connectivity index (χ2n) is 6.79. The van der Waals surface area contributed by atoms with Crippen molar-refractivity contribution in [1.82, 2.24) is 5.32 Å². The molecule has 1 aromatic rings. The van der Waals surface area contributed by atoms with E-state index in [0.717, 1.165) is 12.8 Å². The highest BCUT2D eigenvalue weighted by Gasteiger charge is 2.15. The van der Waals surface area contributed by atoms with Crippen LogP contribution in [0, 0.1) is 10.1 Å². The average Bonchev–Trinajstić information content (AvgIpc) is 2.79. The molecule has 1 N–H and O–H groups in total. The SMILES string of the molecule is CC/C=C\CCCC(=O)NCC(=O)Oc1ccc(C(=O)OCCCCO[N+](=O)[O-])cc1OC. The third kappa shape index (κ3) is 12.1. The Kier molecular flexibility index (Phi) is 13.3. The van der Waals surface area contributed by atoms with Gasteiger partial charge in [-0.15, -0.1) is 10.1 Å². The largest absolute Gasteiger partial charge is 0.493 e. The summed E-state index contributed by atoms with van der Waals surface area (Å²) in [5, 5.41) is 11.7. The molecule has 0 aliphatic carbocycles. The number of carbonyl (C=O) groups is 3. The minimum Gasteiger partial charge on any atom is -0.493 e. The predicted octanol–water partition coefficient (Wildman–Crippen LogP) is 3.00. The summed E-state index contributed by atoms with van der Waals surface area (Å²) >= 11 is 0. The Morgan fingerprint density at radius 3 is 2.55 bits per heavy atom. The second kappa shape index (κ2) is 16.1. The van der Waals surface area contributed by atoms with Crippen molar-refractivity contribution in [1.29, 1.82) is 0 Å². The first-order chi connectivity index (χ1) is 15.9. The number of rotatable bonds is 16. The van der Waals surface area contributed by atoms with Crippen LogP contribution in [-0.4, -0.2) is 49.8 Å². The van der Waals surface area contributed by atoms with Crippen molar-refractivity contribution in [3.63, 3.8) is 0 Å². The number of amides is 1. The normalized spacial score (nSPS) is 10.5. The smallest absolute Gasteiger partial charge is 0.338 e. The zero-order valence-electron chi connectivity index (χ0n) is 18.9. The van der Waals surface area contributed by atoms with E-state index in [-0.39, 0.29) is 42.7 Å². The molecule has 1 amide bonds. The second-order valence-corrected chi connectivity index (χ2v) is 6.79. The van der Waals surface area contributed by atoms with Gasteiger partial charge in [0.25, 0.3) is 5.09 Å². The van der Waals surface area contributed by atoms with Gasteiger partial charge in [0.2, 0.25) is 5.91 Å². The lowest BCUT2D eigenvalue weighted by Crippen LogP contribution is -2.31. The fourth-order valence-corrected chi connectivity index (χ4v) is 2.55. The molecule has 0 aliphatic heterocycles. The number of esters is 2. The Morgan fingerprint density at radius 1 is 1.09 bits per heavy atom. The Morgan fingerprint density at radius 2 is 1.85 bits per heavy atom. The Labute approximate surface area is 192 Å². The molecule has 1 rings (SSSR count). The lowest BCUT2D eigenvalue weighted by atomic mass is 10.2. The molecule has 0 bridgehead atoms. The van der Waals surface area contributed by atoms with Crippen LogP contribution in [0.1, 0.15) is 55.8 Å². The van der Waals surface area contributed by atoms with E-state index in [2.05, 4.69) is 10.2 Å². The van der Waals surface area contributed by atoms with Crippen molar-refractivity contribution < 1.29 is 38.5 Å². The van der Waals surface area contributed by atoms with Crippen molar-refractivity contribution in [2.45, 2.75) is 45.4 Å². The van der Waals surface area contributed by atoms with Crippen LogP contribution in [0.25, 0.3) is 0 Å². The van der Waals surface area contributed by atoms with Crippen LogP contribution in [0.5, 0.6) is 11.5 Å². The molecule has 11 nitrogen and oxygen atoms in total. The van der Waals surface area contributed by atoms with E-state index >= 15 is 0 Å².